The van der Waals surface area contributed by atoms with E-state index in [4.69, 9.17) is 9.84 Å². The molecule has 3 nitrogen and oxygen atoms in total. The van der Waals surface area contributed by atoms with E-state index in [9.17, 15) is 0 Å². The van der Waals surface area contributed by atoms with Gasteiger partial charge in [0, 0.05) is 6.54 Å². The van der Waals surface area contributed by atoms with Crippen molar-refractivity contribution < 1.29 is 9.84 Å². The second-order valence-corrected chi connectivity index (χ2v) is 2.75. The Bertz CT molecular complexity index is 233. The van der Waals surface area contributed by atoms with Crippen molar-refractivity contribution in [1.29, 1.82) is 0 Å². The minimum atomic E-state index is 0.0538. The van der Waals surface area contributed by atoms with Crippen molar-refractivity contribution in [3.63, 3.8) is 0 Å². The highest BCUT2D eigenvalue weighted by Gasteiger charge is 1.93. The van der Waals surface area contributed by atoms with E-state index in [1.54, 1.807) is 0 Å². The lowest BCUT2D eigenvalue weighted by Gasteiger charge is -2.05. The third kappa shape index (κ3) is 3.44. The molecule has 0 radical (unpaired) electrons. The predicted octanol–water partition coefficient (Wildman–Crippen LogP) is 0.777. The van der Waals surface area contributed by atoms with Crippen LogP contribution in [0.2, 0.25) is 0 Å². The van der Waals surface area contributed by atoms with Crippen LogP contribution in [0, 0.1) is 0 Å². The Hall–Kier alpha value is -1.06. The summed E-state index contributed by atoms with van der Waals surface area (Å²) in [5.74, 6) is 0.800. The Morgan fingerprint density at radius 2 is 2.00 bits per heavy atom. The van der Waals surface area contributed by atoms with Crippen LogP contribution in [0.4, 0.5) is 0 Å². The molecule has 0 unspecified atom stereocenters. The summed E-state index contributed by atoms with van der Waals surface area (Å²) in [5, 5.41) is 11.6. The smallest absolute Gasteiger partial charge is 0.119 e. The van der Waals surface area contributed by atoms with Crippen molar-refractivity contribution in [2.75, 3.05) is 20.3 Å². The largest absolute Gasteiger partial charge is 0.491 e. The van der Waals surface area contributed by atoms with Gasteiger partial charge >= 0.3 is 0 Å². The number of nitrogens with one attached hydrogen (secondary N) is 1. The maximum absolute atomic E-state index is 8.53. The van der Waals surface area contributed by atoms with Crippen molar-refractivity contribution in [3.05, 3.63) is 29.8 Å². The fraction of sp³-hybridized carbons (Fsp3) is 0.400. The highest BCUT2D eigenvalue weighted by Crippen LogP contribution is 2.11. The topological polar surface area (TPSA) is 41.5 Å². The van der Waals surface area contributed by atoms with Crippen LogP contribution in [0.15, 0.2) is 24.3 Å². The minimum absolute atomic E-state index is 0.0538. The molecule has 0 heterocycles. The molecular formula is C10H15NO2. The van der Waals surface area contributed by atoms with E-state index in [2.05, 4.69) is 5.32 Å². The van der Waals surface area contributed by atoms with Gasteiger partial charge in [-0.25, -0.2) is 0 Å². The molecule has 0 fully saturated rings. The first kappa shape index (κ1) is 10.0. The lowest BCUT2D eigenvalue weighted by molar-refractivity contribution is 0.201. The zero-order chi connectivity index (χ0) is 9.52. The molecule has 0 aliphatic carbocycles. The number of aliphatic hydroxyl groups excluding tert-OH is 1. The molecule has 13 heavy (non-hydrogen) atoms. The van der Waals surface area contributed by atoms with Crippen LogP contribution in [-0.2, 0) is 6.54 Å². The summed E-state index contributed by atoms with van der Waals surface area (Å²) in [6, 6.07) is 7.82. The van der Waals surface area contributed by atoms with Crippen LogP contribution in [-0.4, -0.2) is 25.4 Å². The number of aliphatic hydroxyl groups is 1. The molecule has 0 saturated heterocycles. The van der Waals surface area contributed by atoms with Crippen LogP contribution < -0.4 is 10.1 Å². The Balaban J connectivity index is 2.48. The zero-order valence-corrected chi connectivity index (χ0v) is 7.79. The van der Waals surface area contributed by atoms with Crippen LogP contribution >= 0.6 is 0 Å². The van der Waals surface area contributed by atoms with E-state index in [0.29, 0.717) is 6.61 Å². The molecule has 0 aliphatic rings. The molecule has 0 atom stereocenters. The SMILES string of the molecule is CNCc1ccc(OCCO)cc1. The third-order valence-electron chi connectivity index (χ3n) is 1.66. The van der Waals surface area contributed by atoms with Crippen molar-refractivity contribution in [2.45, 2.75) is 6.54 Å². The van der Waals surface area contributed by atoms with Gasteiger partial charge in [-0.2, -0.15) is 0 Å². The molecule has 1 rings (SSSR count). The van der Waals surface area contributed by atoms with E-state index in [1.165, 1.54) is 5.56 Å². The molecule has 3 heteroatoms. The quantitative estimate of drug-likeness (QED) is 0.705. The molecule has 2 N–H and O–H groups in total. The summed E-state index contributed by atoms with van der Waals surface area (Å²) < 4.78 is 5.22. The van der Waals surface area contributed by atoms with Crippen molar-refractivity contribution in [1.82, 2.24) is 5.32 Å². The molecule has 0 aromatic heterocycles. The Morgan fingerprint density at radius 1 is 1.31 bits per heavy atom. The average Bonchev–Trinajstić information content (AvgIpc) is 2.17. The van der Waals surface area contributed by atoms with Gasteiger partial charge in [0.05, 0.1) is 6.61 Å². The average molecular weight is 181 g/mol. The first-order valence-corrected chi connectivity index (χ1v) is 4.34. The standard InChI is InChI=1S/C10H15NO2/c1-11-8-9-2-4-10(5-3-9)13-7-6-12/h2-5,11-12H,6-8H2,1H3. The van der Waals surface area contributed by atoms with E-state index in [-0.39, 0.29) is 6.61 Å². The summed E-state index contributed by atoms with van der Waals surface area (Å²) in [5.41, 5.74) is 1.22. The maximum Gasteiger partial charge on any atom is 0.119 e. The normalized spacial score (nSPS) is 10.0. The van der Waals surface area contributed by atoms with Gasteiger partial charge in [0.2, 0.25) is 0 Å². The Labute approximate surface area is 78.3 Å². The van der Waals surface area contributed by atoms with Crippen LogP contribution in [0.25, 0.3) is 0 Å². The number of ether oxygens (including phenoxy) is 1. The fourth-order valence-electron chi connectivity index (χ4n) is 1.07. The molecule has 0 amide bonds. The van der Waals surface area contributed by atoms with Gasteiger partial charge in [0.1, 0.15) is 12.4 Å². The lowest BCUT2D eigenvalue weighted by atomic mass is 10.2. The molecule has 0 saturated carbocycles. The van der Waals surface area contributed by atoms with Crippen LogP contribution in [0.5, 0.6) is 5.75 Å². The number of hydrogen-bond acceptors (Lipinski definition) is 3. The van der Waals surface area contributed by atoms with E-state index >= 15 is 0 Å². The van der Waals surface area contributed by atoms with Crippen molar-refractivity contribution in [2.24, 2.45) is 0 Å². The summed E-state index contributed by atoms with van der Waals surface area (Å²) in [7, 11) is 1.91. The molecule has 1 aromatic carbocycles. The molecule has 0 aliphatic heterocycles. The van der Waals surface area contributed by atoms with Crippen LogP contribution in [0.3, 0.4) is 0 Å². The first-order chi connectivity index (χ1) is 6.36. The molecular weight excluding hydrogens is 166 g/mol. The van der Waals surface area contributed by atoms with Gasteiger partial charge in [-0.05, 0) is 24.7 Å². The fourth-order valence-corrected chi connectivity index (χ4v) is 1.07. The highest BCUT2D eigenvalue weighted by molar-refractivity contribution is 5.27. The summed E-state index contributed by atoms with van der Waals surface area (Å²) in [6.07, 6.45) is 0. The van der Waals surface area contributed by atoms with Gasteiger partial charge in [0.25, 0.3) is 0 Å². The molecule has 0 bridgehead atoms. The van der Waals surface area contributed by atoms with Gasteiger partial charge < -0.3 is 15.2 Å². The van der Waals surface area contributed by atoms with E-state index in [0.717, 1.165) is 12.3 Å². The number of rotatable bonds is 5. The van der Waals surface area contributed by atoms with Crippen molar-refractivity contribution in [3.8, 4) is 5.75 Å². The highest BCUT2D eigenvalue weighted by atomic mass is 16.5. The van der Waals surface area contributed by atoms with Gasteiger partial charge in [-0.1, -0.05) is 12.1 Å². The van der Waals surface area contributed by atoms with E-state index < -0.39 is 0 Å². The predicted molar refractivity (Wildman–Crippen MR) is 51.8 cm³/mol. The third-order valence-corrected chi connectivity index (χ3v) is 1.66. The summed E-state index contributed by atoms with van der Waals surface area (Å²) in [6.45, 7) is 1.27. The molecule has 1 aromatic rings. The van der Waals surface area contributed by atoms with Gasteiger partial charge in [0.15, 0.2) is 0 Å². The summed E-state index contributed by atoms with van der Waals surface area (Å²) >= 11 is 0. The molecule has 72 valence electrons. The summed E-state index contributed by atoms with van der Waals surface area (Å²) in [4.78, 5) is 0. The minimum Gasteiger partial charge on any atom is -0.491 e. The Morgan fingerprint density at radius 3 is 2.54 bits per heavy atom. The van der Waals surface area contributed by atoms with Crippen molar-refractivity contribution >= 4 is 0 Å². The Kier molecular flexibility index (Phi) is 4.29. The molecule has 0 spiro atoms. The monoisotopic (exact) mass is 181 g/mol. The number of benzene rings is 1. The second kappa shape index (κ2) is 5.56. The first-order valence-electron chi connectivity index (χ1n) is 4.34. The van der Waals surface area contributed by atoms with E-state index in [1.807, 2.05) is 31.3 Å². The number of hydrogen-bond donors (Lipinski definition) is 2. The van der Waals surface area contributed by atoms with Gasteiger partial charge in [-0.15, -0.1) is 0 Å². The second-order valence-electron chi connectivity index (χ2n) is 2.75. The van der Waals surface area contributed by atoms with Gasteiger partial charge in [-0.3, -0.25) is 0 Å². The maximum atomic E-state index is 8.53. The zero-order valence-electron chi connectivity index (χ0n) is 7.79. The van der Waals surface area contributed by atoms with Crippen LogP contribution in [0.1, 0.15) is 5.56 Å². The lowest BCUT2D eigenvalue weighted by Crippen LogP contribution is -2.05.